The van der Waals surface area contributed by atoms with Gasteiger partial charge in [-0.15, -0.1) is 11.3 Å². The van der Waals surface area contributed by atoms with E-state index in [9.17, 15) is 4.79 Å². The van der Waals surface area contributed by atoms with E-state index < -0.39 is 0 Å². The number of carbonyl (C=O) groups is 1. The van der Waals surface area contributed by atoms with Crippen LogP contribution in [0.4, 0.5) is 0 Å². The number of amides is 1. The number of rotatable bonds is 9. The Bertz CT molecular complexity index is 703. The summed E-state index contributed by atoms with van der Waals surface area (Å²) in [5.74, 6) is 1.46. The van der Waals surface area contributed by atoms with Crippen LogP contribution in [0.5, 0.6) is 11.5 Å². The van der Waals surface area contributed by atoms with Gasteiger partial charge < -0.3 is 19.7 Å². The second-order valence-corrected chi connectivity index (χ2v) is 6.73. The predicted molar refractivity (Wildman–Crippen MR) is 99.4 cm³/mol. The van der Waals surface area contributed by atoms with Gasteiger partial charge in [0.05, 0.1) is 21.3 Å². The first-order chi connectivity index (χ1) is 12.1. The van der Waals surface area contributed by atoms with Gasteiger partial charge in [0.15, 0.2) is 18.0 Å². The SMILES string of the molecule is CCCNC(=O)C[NH+](C)Cc1csc(-c2ccc(OC)c(OC)c2)n1. The van der Waals surface area contributed by atoms with E-state index in [-0.39, 0.29) is 5.91 Å². The third kappa shape index (κ3) is 5.44. The summed E-state index contributed by atoms with van der Waals surface area (Å²) in [5, 5.41) is 5.87. The second-order valence-electron chi connectivity index (χ2n) is 5.87. The minimum absolute atomic E-state index is 0.0784. The maximum atomic E-state index is 11.8. The Morgan fingerprint density at radius 1 is 1.28 bits per heavy atom. The number of benzene rings is 1. The first-order valence-electron chi connectivity index (χ1n) is 8.32. The highest BCUT2D eigenvalue weighted by Gasteiger charge is 2.14. The molecular formula is C18H26N3O3S+. The largest absolute Gasteiger partial charge is 0.493 e. The number of hydrogen-bond acceptors (Lipinski definition) is 5. The first-order valence-corrected chi connectivity index (χ1v) is 9.20. The Balaban J connectivity index is 2.01. The van der Waals surface area contributed by atoms with Crippen LogP contribution in [0.15, 0.2) is 23.6 Å². The zero-order chi connectivity index (χ0) is 18.2. The van der Waals surface area contributed by atoms with Crippen molar-refractivity contribution in [1.29, 1.82) is 0 Å². The summed E-state index contributed by atoms with van der Waals surface area (Å²) in [4.78, 5) is 17.6. The van der Waals surface area contributed by atoms with E-state index in [1.165, 1.54) is 0 Å². The number of quaternary nitrogens is 1. The van der Waals surface area contributed by atoms with Crippen molar-refractivity contribution >= 4 is 17.2 Å². The molecule has 6 nitrogen and oxygen atoms in total. The van der Waals surface area contributed by atoms with Crippen LogP contribution >= 0.6 is 11.3 Å². The van der Waals surface area contributed by atoms with Crippen molar-refractivity contribution in [2.45, 2.75) is 19.9 Å². The molecule has 0 aliphatic rings. The van der Waals surface area contributed by atoms with Gasteiger partial charge >= 0.3 is 0 Å². The molecule has 2 N–H and O–H groups in total. The quantitative estimate of drug-likeness (QED) is 0.705. The summed E-state index contributed by atoms with van der Waals surface area (Å²) in [6.07, 6.45) is 0.950. The van der Waals surface area contributed by atoms with Gasteiger partial charge in [0.2, 0.25) is 0 Å². The van der Waals surface area contributed by atoms with Crippen molar-refractivity contribution in [3.63, 3.8) is 0 Å². The van der Waals surface area contributed by atoms with E-state index in [0.717, 1.165) is 34.1 Å². The van der Waals surface area contributed by atoms with Crippen molar-refractivity contribution < 1.29 is 19.2 Å². The molecule has 7 heteroatoms. The smallest absolute Gasteiger partial charge is 0.275 e. The minimum atomic E-state index is 0.0784. The van der Waals surface area contributed by atoms with Crippen molar-refractivity contribution in [3.05, 3.63) is 29.3 Å². The number of aromatic nitrogens is 1. The molecule has 0 saturated carbocycles. The van der Waals surface area contributed by atoms with Gasteiger partial charge in [0.1, 0.15) is 17.2 Å². The average molecular weight is 364 g/mol. The van der Waals surface area contributed by atoms with Crippen molar-refractivity contribution in [3.8, 4) is 22.1 Å². The highest BCUT2D eigenvalue weighted by Crippen LogP contribution is 2.33. The molecule has 0 radical (unpaired) electrons. The minimum Gasteiger partial charge on any atom is -0.493 e. The first kappa shape index (κ1) is 19.2. The van der Waals surface area contributed by atoms with E-state index >= 15 is 0 Å². The second kappa shape index (κ2) is 9.39. The van der Waals surface area contributed by atoms with E-state index in [4.69, 9.17) is 14.5 Å². The van der Waals surface area contributed by atoms with Crippen LogP contribution in [-0.4, -0.2) is 45.2 Å². The monoisotopic (exact) mass is 364 g/mol. The third-order valence-corrected chi connectivity index (χ3v) is 4.64. The highest BCUT2D eigenvalue weighted by molar-refractivity contribution is 7.13. The molecular weight excluding hydrogens is 338 g/mol. The number of hydrogen-bond donors (Lipinski definition) is 2. The predicted octanol–water partition coefficient (Wildman–Crippen LogP) is 1.37. The number of nitrogens with one attached hydrogen (secondary N) is 2. The standard InChI is InChI=1S/C18H25N3O3S/c1-5-8-19-17(22)11-21(2)10-14-12-25-18(20-14)13-6-7-15(23-3)16(9-13)24-4/h6-7,9,12H,5,8,10-11H2,1-4H3,(H,19,22)/p+1. The van der Waals surface area contributed by atoms with Gasteiger partial charge in [-0.3, -0.25) is 4.79 Å². The number of nitrogens with zero attached hydrogens (tertiary/aromatic N) is 1. The number of likely N-dealkylation sites (N-methyl/N-ethyl adjacent to an activating group) is 1. The summed E-state index contributed by atoms with van der Waals surface area (Å²) in [7, 11) is 5.24. The van der Waals surface area contributed by atoms with Gasteiger partial charge in [0.25, 0.3) is 5.91 Å². The third-order valence-electron chi connectivity index (χ3n) is 3.70. The van der Waals surface area contributed by atoms with Crippen molar-refractivity contribution in [2.24, 2.45) is 0 Å². The van der Waals surface area contributed by atoms with E-state index in [0.29, 0.717) is 24.6 Å². The Morgan fingerprint density at radius 2 is 2.04 bits per heavy atom. The Kier molecular flexibility index (Phi) is 7.21. The lowest BCUT2D eigenvalue weighted by Crippen LogP contribution is -3.09. The lowest BCUT2D eigenvalue weighted by Gasteiger charge is -2.12. The lowest BCUT2D eigenvalue weighted by molar-refractivity contribution is -0.885. The molecule has 1 amide bonds. The zero-order valence-electron chi connectivity index (χ0n) is 15.2. The molecule has 1 aromatic carbocycles. The molecule has 0 aliphatic carbocycles. The molecule has 2 aromatic rings. The number of thiazole rings is 1. The van der Waals surface area contributed by atoms with Crippen LogP contribution in [0.3, 0.4) is 0 Å². The highest BCUT2D eigenvalue weighted by atomic mass is 32.1. The van der Waals surface area contributed by atoms with Gasteiger partial charge in [-0.1, -0.05) is 6.92 Å². The summed E-state index contributed by atoms with van der Waals surface area (Å²) in [5.41, 5.74) is 1.97. The van der Waals surface area contributed by atoms with Crippen LogP contribution < -0.4 is 19.7 Å². The maximum absolute atomic E-state index is 11.8. The Hall–Kier alpha value is -2.12. The topological polar surface area (TPSA) is 64.9 Å². The summed E-state index contributed by atoms with van der Waals surface area (Å²) in [6.45, 7) is 3.93. The van der Waals surface area contributed by atoms with E-state index in [2.05, 4.69) is 5.32 Å². The van der Waals surface area contributed by atoms with Crippen LogP contribution in [0.25, 0.3) is 10.6 Å². The number of ether oxygens (including phenoxy) is 2. The lowest BCUT2D eigenvalue weighted by atomic mass is 10.2. The molecule has 1 unspecified atom stereocenters. The Morgan fingerprint density at radius 3 is 2.72 bits per heavy atom. The molecule has 0 bridgehead atoms. The van der Waals surface area contributed by atoms with E-state index in [1.54, 1.807) is 25.6 Å². The van der Waals surface area contributed by atoms with Crippen molar-refractivity contribution in [1.82, 2.24) is 10.3 Å². The van der Waals surface area contributed by atoms with Crippen LogP contribution in [0, 0.1) is 0 Å². The van der Waals surface area contributed by atoms with Crippen LogP contribution in [-0.2, 0) is 11.3 Å². The summed E-state index contributed by atoms with van der Waals surface area (Å²) in [6, 6.07) is 5.78. The average Bonchev–Trinajstić information content (AvgIpc) is 3.07. The number of carbonyl (C=O) groups excluding carboxylic acids is 1. The molecule has 0 saturated heterocycles. The maximum Gasteiger partial charge on any atom is 0.275 e. The molecule has 1 atom stereocenters. The summed E-state index contributed by atoms with van der Waals surface area (Å²) < 4.78 is 10.6. The number of methoxy groups -OCH3 is 2. The fourth-order valence-corrected chi connectivity index (χ4v) is 3.28. The molecule has 1 aromatic heterocycles. The van der Waals surface area contributed by atoms with Gasteiger partial charge in [0, 0.05) is 17.5 Å². The van der Waals surface area contributed by atoms with Gasteiger partial charge in [-0.25, -0.2) is 4.98 Å². The molecule has 25 heavy (non-hydrogen) atoms. The molecule has 0 aliphatic heterocycles. The van der Waals surface area contributed by atoms with Crippen LogP contribution in [0.2, 0.25) is 0 Å². The Labute approximate surface area is 152 Å². The van der Waals surface area contributed by atoms with Gasteiger partial charge in [-0.2, -0.15) is 0 Å². The molecule has 136 valence electrons. The fourth-order valence-electron chi connectivity index (χ4n) is 2.46. The van der Waals surface area contributed by atoms with Gasteiger partial charge in [-0.05, 0) is 24.6 Å². The zero-order valence-corrected chi connectivity index (χ0v) is 16.0. The fraction of sp³-hybridized carbons (Fsp3) is 0.444. The molecule has 0 spiro atoms. The van der Waals surface area contributed by atoms with Crippen LogP contribution in [0.1, 0.15) is 19.0 Å². The molecule has 1 heterocycles. The summed E-state index contributed by atoms with van der Waals surface area (Å²) >= 11 is 1.59. The van der Waals surface area contributed by atoms with E-state index in [1.807, 2.05) is 37.6 Å². The van der Waals surface area contributed by atoms with Crippen molar-refractivity contribution in [2.75, 3.05) is 34.4 Å². The molecule has 0 fully saturated rings. The molecule has 2 rings (SSSR count). The normalized spacial score (nSPS) is 11.8.